The number of ether oxygens (including phenoxy) is 2. The second-order valence-electron chi connectivity index (χ2n) is 5.29. The molecule has 0 radical (unpaired) electrons. The van der Waals surface area contributed by atoms with E-state index in [1.165, 1.54) is 6.07 Å². The molecule has 122 valence electrons. The van der Waals surface area contributed by atoms with E-state index in [-0.39, 0.29) is 17.8 Å². The van der Waals surface area contributed by atoms with Crippen LogP contribution in [0, 0.1) is 0 Å². The number of nitrogens with one attached hydrogen (secondary N) is 1. The zero-order chi connectivity index (χ0) is 15.5. The van der Waals surface area contributed by atoms with E-state index in [0.29, 0.717) is 31.1 Å². The van der Waals surface area contributed by atoms with Gasteiger partial charge in [0.15, 0.2) is 0 Å². The van der Waals surface area contributed by atoms with Crippen LogP contribution >= 0.6 is 0 Å². The maximum atomic E-state index is 12.5. The summed E-state index contributed by atoms with van der Waals surface area (Å²) in [5.74, 6) is -0.465. The van der Waals surface area contributed by atoms with Crippen molar-refractivity contribution in [2.45, 2.75) is 18.6 Å². The first-order chi connectivity index (χ1) is 10.6. The van der Waals surface area contributed by atoms with Gasteiger partial charge < -0.3 is 14.8 Å². The standard InChI is InChI=1S/C13H18F2N4O3/c14-13(15)19-2-1-9(17-19)12(20)16-10-7-22-8-11(10)18-3-5-21-6-4-18/h1-2,10-11,13H,3-8H2,(H,16,20)/t10-,11-/m1/s1. The molecule has 1 N–H and O–H groups in total. The van der Waals surface area contributed by atoms with Crippen molar-refractivity contribution in [2.75, 3.05) is 39.5 Å². The molecule has 2 saturated heterocycles. The Morgan fingerprint density at radius 1 is 1.32 bits per heavy atom. The van der Waals surface area contributed by atoms with Gasteiger partial charge in [0.05, 0.1) is 38.5 Å². The van der Waals surface area contributed by atoms with Crippen molar-refractivity contribution in [2.24, 2.45) is 0 Å². The Balaban J connectivity index is 1.61. The molecule has 22 heavy (non-hydrogen) atoms. The van der Waals surface area contributed by atoms with E-state index in [1.54, 1.807) is 0 Å². The highest BCUT2D eigenvalue weighted by molar-refractivity contribution is 5.92. The van der Waals surface area contributed by atoms with Crippen LogP contribution in [0.15, 0.2) is 12.3 Å². The number of nitrogens with zero attached hydrogens (tertiary/aromatic N) is 3. The quantitative estimate of drug-likeness (QED) is 0.854. The van der Waals surface area contributed by atoms with Crippen molar-refractivity contribution in [3.05, 3.63) is 18.0 Å². The normalized spacial score (nSPS) is 26.5. The molecule has 1 aromatic heterocycles. The summed E-state index contributed by atoms with van der Waals surface area (Å²) in [6.45, 7) is 1.10. The molecule has 2 aliphatic rings. The van der Waals surface area contributed by atoms with Gasteiger partial charge in [-0.05, 0) is 6.07 Å². The molecular weight excluding hydrogens is 298 g/mol. The van der Waals surface area contributed by atoms with Crippen LogP contribution in [0.2, 0.25) is 0 Å². The molecule has 1 aromatic rings. The minimum absolute atomic E-state index is 0.0204. The summed E-state index contributed by atoms with van der Waals surface area (Å²) in [7, 11) is 0. The number of halogens is 2. The molecule has 0 spiro atoms. The topological polar surface area (TPSA) is 68.6 Å². The molecule has 3 heterocycles. The predicted molar refractivity (Wildman–Crippen MR) is 71.7 cm³/mol. The van der Waals surface area contributed by atoms with Crippen molar-refractivity contribution >= 4 is 5.91 Å². The van der Waals surface area contributed by atoms with Crippen LogP contribution in [0.5, 0.6) is 0 Å². The fourth-order valence-corrected chi connectivity index (χ4v) is 2.76. The van der Waals surface area contributed by atoms with E-state index in [2.05, 4.69) is 15.3 Å². The van der Waals surface area contributed by atoms with Crippen molar-refractivity contribution in [3.8, 4) is 0 Å². The van der Waals surface area contributed by atoms with Crippen LogP contribution < -0.4 is 5.32 Å². The van der Waals surface area contributed by atoms with Crippen molar-refractivity contribution in [1.29, 1.82) is 0 Å². The summed E-state index contributed by atoms with van der Waals surface area (Å²) >= 11 is 0. The van der Waals surface area contributed by atoms with Gasteiger partial charge in [-0.2, -0.15) is 13.9 Å². The molecule has 2 fully saturated rings. The van der Waals surface area contributed by atoms with E-state index in [0.717, 1.165) is 19.3 Å². The van der Waals surface area contributed by atoms with E-state index >= 15 is 0 Å². The third kappa shape index (κ3) is 3.26. The summed E-state index contributed by atoms with van der Waals surface area (Å²) in [6, 6.07) is 1.17. The smallest absolute Gasteiger partial charge is 0.333 e. The Kier molecular flexibility index (Phi) is 4.65. The maximum absolute atomic E-state index is 12.5. The van der Waals surface area contributed by atoms with Crippen molar-refractivity contribution < 1.29 is 23.0 Å². The highest BCUT2D eigenvalue weighted by Gasteiger charge is 2.35. The van der Waals surface area contributed by atoms with Crippen molar-refractivity contribution in [1.82, 2.24) is 20.0 Å². The van der Waals surface area contributed by atoms with Crippen molar-refractivity contribution in [3.63, 3.8) is 0 Å². The largest absolute Gasteiger partial charge is 0.379 e. The summed E-state index contributed by atoms with van der Waals surface area (Å²) < 4.78 is 36.2. The summed E-state index contributed by atoms with van der Waals surface area (Å²) in [6.07, 6.45) is 1.09. The number of carbonyl (C=O) groups is 1. The SMILES string of the molecule is O=C(N[C@@H]1COC[C@H]1N1CCOCC1)c1ccn(C(F)F)n1. The van der Waals surface area contributed by atoms with Gasteiger partial charge in [-0.25, -0.2) is 4.68 Å². The number of rotatable bonds is 4. The second kappa shape index (κ2) is 6.67. The second-order valence-corrected chi connectivity index (χ2v) is 5.29. The number of carbonyl (C=O) groups excluding carboxylic acids is 1. The summed E-state index contributed by atoms with van der Waals surface area (Å²) in [5.41, 5.74) is -0.0204. The zero-order valence-corrected chi connectivity index (χ0v) is 12.0. The average Bonchev–Trinajstić information content (AvgIpc) is 3.17. The lowest BCUT2D eigenvalue weighted by Crippen LogP contribution is -2.54. The van der Waals surface area contributed by atoms with E-state index < -0.39 is 12.5 Å². The van der Waals surface area contributed by atoms with Gasteiger partial charge in [-0.1, -0.05) is 0 Å². The number of alkyl halides is 2. The Morgan fingerprint density at radius 3 is 2.77 bits per heavy atom. The minimum Gasteiger partial charge on any atom is -0.379 e. The van der Waals surface area contributed by atoms with Crippen LogP contribution in [0.3, 0.4) is 0 Å². The van der Waals surface area contributed by atoms with Gasteiger partial charge in [0.25, 0.3) is 5.91 Å². The van der Waals surface area contributed by atoms with Crippen LogP contribution in [-0.2, 0) is 9.47 Å². The Hall–Kier alpha value is -1.58. The molecule has 0 aliphatic carbocycles. The first kappa shape index (κ1) is 15.3. The number of amides is 1. The molecular formula is C13H18F2N4O3. The molecule has 0 bridgehead atoms. The molecule has 3 rings (SSSR count). The monoisotopic (exact) mass is 316 g/mol. The Bertz CT molecular complexity index is 519. The first-order valence-corrected chi connectivity index (χ1v) is 7.19. The molecule has 0 unspecified atom stereocenters. The fraction of sp³-hybridized carbons (Fsp3) is 0.692. The van der Waals surface area contributed by atoms with Gasteiger partial charge >= 0.3 is 6.55 Å². The minimum atomic E-state index is -2.75. The molecule has 1 amide bonds. The van der Waals surface area contributed by atoms with Crippen LogP contribution in [0.1, 0.15) is 17.0 Å². The summed E-state index contributed by atoms with van der Waals surface area (Å²) in [4.78, 5) is 14.4. The number of morpholine rings is 1. The zero-order valence-electron chi connectivity index (χ0n) is 12.0. The molecule has 0 saturated carbocycles. The highest BCUT2D eigenvalue weighted by Crippen LogP contribution is 2.16. The van der Waals surface area contributed by atoms with E-state index in [1.807, 2.05) is 0 Å². The van der Waals surface area contributed by atoms with Crippen LogP contribution in [0.25, 0.3) is 0 Å². The number of hydrogen-bond acceptors (Lipinski definition) is 5. The van der Waals surface area contributed by atoms with Gasteiger partial charge in [-0.15, -0.1) is 0 Å². The lowest BCUT2D eigenvalue weighted by molar-refractivity contribution is 0.0108. The lowest BCUT2D eigenvalue weighted by atomic mass is 10.1. The van der Waals surface area contributed by atoms with Gasteiger partial charge in [-0.3, -0.25) is 9.69 Å². The maximum Gasteiger partial charge on any atom is 0.333 e. The highest BCUT2D eigenvalue weighted by atomic mass is 19.3. The van der Waals surface area contributed by atoms with E-state index in [4.69, 9.17) is 9.47 Å². The fourth-order valence-electron chi connectivity index (χ4n) is 2.76. The summed E-state index contributed by atoms with van der Waals surface area (Å²) in [5, 5.41) is 6.40. The van der Waals surface area contributed by atoms with Gasteiger partial charge in [0.1, 0.15) is 5.69 Å². The number of hydrogen-bond donors (Lipinski definition) is 1. The Labute approximate surface area is 126 Å². The van der Waals surface area contributed by atoms with Crippen LogP contribution in [0.4, 0.5) is 8.78 Å². The lowest BCUT2D eigenvalue weighted by Gasteiger charge is -2.34. The molecule has 7 nitrogen and oxygen atoms in total. The average molecular weight is 316 g/mol. The van der Waals surface area contributed by atoms with Gasteiger partial charge in [0.2, 0.25) is 0 Å². The third-order valence-corrected chi connectivity index (χ3v) is 3.92. The third-order valence-electron chi connectivity index (χ3n) is 3.92. The first-order valence-electron chi connectivity index (χ1n) is 7.19. The predicted octanol–water partition coefficient (Wildman–Crippen LogP) is 0.108. The number of aromatic nitrogens is 2. The van der Waals surface area contributed by atoms with Crippen LogP contribution in [-0.4, -0.2) is 72.2 Å². The molecule has 9 heteroatoms. The Morgan fingerprint density at radius 2 is 2.09 bits per heavy atom. The molecule has 2 aliphatic heterocycles. The molecule has 2 atom stereocenters. The van der Waals surface area contributed by atoms with E-state index in [9.17, 15) is 13.6 Å². The van der Waals surface area contributed by atoms with Gasteiger partial charge in [0, 0.05) is 19.3 Å². The molecule has 0 aromatic carbocycles.